The van der Waals surface area contributed by atoms with E-state index in [2.05, 4.69) is 44.2 Å². The van der Waals surface area contributed by atoms with Crippen LogP contribution in [-0.4, -0.2) is 13.1 Å². The van der Waals surface area contributed by atoms with E-state index in [0.717, 1.165) is 54.0 Å². The van der Waals surface area contributed by atoms with Crippen molar-refractivity contribution in [3.8, 4) is 0 Å². The fourth-order valence-corrected chi connectivity index (χ4v) is 5.15. The molecule has 168 valence electrons. The van der Waals surface area contributed by atoms with E-state index in [-0.39, 0.29) is 17.5 Å². The van der Waals surface area contributed by atoms with Crippen molar-refractivity contribution in [2.75, 3.05) is 7.11 Å². The predicted octanol–water partition coefficient (Wildman–Crippen LogP) is 7.13. The Morgan fingerprint density at radius 3 is 2.56 bits per heavy atom. The second-order valence-electron chi connectivity index (χ2n) is 9.51. The number of ether oxygens (including phenoxy) is 2. The number of benzene rings is 3. The van der Waals surface area contributed by atoms with Gasteiger partial charge < -0.3 is 9.47 Å². The third-order valence-electron chi connectivity index (χ3n) is 7.36. The smallest absolute Gasteiger partial charge is 0.343 e. The minimum atomic E-state index is -1.20. The van der Waals surface area contributed by atoms with E-state index in [4.69, 9.17) is 9.47 Å². The maximum atomic E-state index is 13.8. The first-order valence-corrected chi connectivity index (χ1v) is 11.8. The molecule has 3 aromatic carbocycles. The Balaban J connectivity index is 1.74. The van der Waals surface area contributed by atoms with E-state index in [1.165, 1.54) is 5.56 Å². The molecule has 4 rings (SSSR count). The normalized spacial score (nSPS) is 22.2. The third-order valence-corrected chi connectivity index (χ3v) is 7.36. The number of hydrogen-bond acceptors (Lipinski definition) is 3. The van der Waals surface area contributed by atoms with Crippen LogP contribution in [0.4, 0.5) is 0 Å². The highest BCUT2D eigenvalue weighted by atomic mass is 16.6. The van der Waals surface area contributed by atoms with Crippen molar-refractivity contribution in [3.63, 3.8) is 0 Å². The molecule has 0 saturated carbocycles. The van der Waals surface area contributed by atoms with Crippen LogP contribution in [0.1, 0.15) is 69.2 Å². The van der Waals surface area contributed by atoms with Gasteiger partial charge in [-0.25, -0.2) is 4.79 Å². The average Bonchev–Trinajstić information content (AvgIpc) is 2.83. The molecule has 3 atom stereocenters. The molecular formula is C29H34O3. The Morgan fingerprint density at radius 1 is 1.06 bits per heavy atom. The highest BCUT2D eigenvalue weighted by Gasteiger charge is 2.46. The van der Waals surface area contributed by atoms with E-state index >= 15 is 0 Å². The number of carbonyl (C=O) groups excluding carboxylic acids is 1. The highest BCUT2D eigenvalue weighted by molar-refractivity contribution is 5.92. The van der Waals surface area contributed by atoms with E-state index in [0.29, 0.717) is 0 Å². The molecule has 3 heteroatoms. The fourth-order valence-electron chi connectivity index (χ4n) is 5.15. The van der Waals surface area contributed by atoms with Gasteiger partial charge in [0.2, 0.25) is 0 Å². The van der Waals surface area contributed by atoms with Crippen molar-refractivity contribution in [2.45, 2.75) is 64.6 Å². The van der Waals surface area contributed by atoms with E-state index < -0.39 is 5.60 Å². The number of carbonyl (C=O) groups is 1. The molecular weight excluding hydrogens is 396 g/mol. The van der Waals surface area contributed by atoms with Gasteiger partial charge in [0.15, 0.2) is 5.60 Å². The Morgan fingerprint density at radius 2 is 1.78 bits per heavy atom. The number of unbranched alkanes of at least 4 members (excludes halogenated alkanes) is 1. The lowest BCUT2D eigenvalue weighted by Gasteiger charge is -2.43. The number of rotatable bonds is 7. The van der Waals surface area contributed by atoms with Crippen LogP contribution in [0.25, 0.3) is 10.8 Å². The number of methoxy groups -OCH3 is 1. The quantitative estimate of drug-likeness (QED) is 0.374. The minimum absolute atomic E-state index is 0.0899. The molecule has 0 heterocycles. The summed E-state index contributed by atoms with van der Waals surface area (Å²) in [6.45, 7) is 6.32. The van der Waals surface area contributed by atoms with Crippen molar-refractivity contribution < 1.29 is 14.3 Å². The minimum Gasteiger partial charge on any atom is -0.455 e. The molecule has 3 nitrogen and oxygen atoms in total. The van der Waals surface area contributed by atoms with E-state index in [9.17, 15) is 4.79 Å². The van der Waals surface area contributed by atoms with Gasteiger partial charge in [0.25, 0.3) is 0 Å². The summed E-state index contributed by atoms with van der Waals surface area (Å²) in [5.41, 5.74) is 1.97. The summed E-state index contributed by atoms with van der Waals surface area (Å²) in [7, 11) is 1.59. The third kappa shape index (κ3) is 3.95. The molecule has 0 radical (unpaired) electrons. The van der Waals surface area contributed by atoms with Gasteiger partial charge in [0.05, 0.1) is 0 Å². The Kier molecular flexibility index (Phi) is 6.39. The zero-order valence-corrected chi connectivity index (χ0v) is 19.7. The van der Waals surface area contributed by atoms with Gasteiger partial charge in [-0.1, -0.05) is 93.4 Å². The molecule has 0 bridgehead atoms. The van der Waals surface area contributed by atoms with Crippen LogP contribution in [0.3, 0.4) is 0 Å². The number of fused-ring (bicyclic) bond motifs is 2. The summed E-state index contributed by atoms with van der Waals surface area (Å²) in [6, 6.07) is 22.5. The lowest BCUT2D eigenvalue weighted by atomic mass is 9.68. The topological polar surface area (TPSA) is 35.5 Å². The Hall–Kier alpha value is -2.65. The van der Waals surface area contributed by atoms with Crippen molar-refractivity contribution in [2.24, 2.45) is 5.41 Å². The first-order chi connectivity index (χ1) is 15.4. The molecule has 0 aliphatic heterocycles. The fraction of sp³-hybridized carbons (Fsp3) is 0.414. The molecule has 1 aliphatic rings. The van der Waals surface area contributed by atoms with Crippen LogP contribution in [0.2, 0.25) is 0 Å². The van der Waals surface area contributed by atoms with Crippen LogP contribution in [0.5, 0.6) is 0 Å². The van der Waals surface area contributed by atoms with Crippen LogP contribution < -0.4 is 0 Å². The average molecular weight is 431 g/mol. The Labute approximate surface area is 191 Å². The van der Waals surface area contributed by atoms with Crippen LogP contribution in [-0.2, 0) is 26.3 Å². The second kappa shape index (κ2) is 9.07. The summed E-state index contributed by atoms with van der Waals surface area (Å²) in [6.07, 6.45) is 5.04. The largest absolute Gasteiger partial charge is 0.455 e. The standard InChI is InChI=1S/C29H34O3/c1-5-6-19-28(2)20-18-22-13-8-10-16-24(22)26(28)32-27(30)29(3,31-4)25-17-11-14-21-12-7-9-15-23(21)25/h7-17,26H,5-6,18-20H2,1-4H3/t26-,28-,29+/m0/s1. The van der Waals surface area contributed by atoms with Crippen molar-refractivity contribution in [1.29, 1.82) is 0 Å². The molecule has 0 spiro atoms. The predicted molar refractivity (Wildman–Crippen MR) is 130 cm³/mol. The molecule has 0 aromatic heterocycles. The van der Waals surface area contributed by atoms with Gasteiger partial charge in [-0.05, 0) is 48.1 Å². The summed E-state index contributed by atoms with van der Waals surface area (Å²) in [4.78, 5) is 13.8. The first-order valence-electron chi connectivity index (χ1n) is 11.8. The zero-order valence-electron chi connectivity index (χ0n) is 19.7. The van der Waals surface area contributed by atoms with Crippen molar-refractivity contribution >= 4 is 16.7 Å². The van der Waals surface area contributed by atoms with E-state index in [1.807, 2.05) is 43.3 Å². The van der Waals surface area contributed by atoms with Gasteiger partial charge in [-0.15, -0.1) is 0 Å². The zero-order chi connectivity index (χ0) is 22.8. The molecule has 1 aliphatic carbocycles. The number of hydrogen-bond donors (Lipinski definition) is 0. The van der Waals surface area contributed by atoms with Gasteiger partial charge >= 0.3 is 5.97 Å². The first kappa shape index (κ1) is 22.5. The van der Waals surface area contributed by atoms with Gasteiger partial charge in [-0.2, -0.15) is 0 Å². The molecule has 0 saturated heterocycles. The van der Waals surface area contributed by atoms with Crippen LogP contribution in [0, 0.1) is 5.41 Å². The summed E-state index contributed by atoms with van der Waals surface area (Å²) in [5.74, 6) is -0.333. The Bertz CT molecular complexity index is 1100. The van der Waals surface area contributed by atoms with Crippen molar-refractivity contribution in [1.82, 2.24) is 0 Å². The van der Waals surface area contributed by atoms with Crippen LogP contribution >= 0.6 is 0 Å². The van der Waals surface area contributed by atoms with Gasteiger partial charge in [0, 0.05) is 18.1 Å². The number of esters is 1. The maximum absolute atomic E-state index is 13.8. The lowest BCUT2D eigenvalue weighted by Crippen LogP contribution is -2.41. The highest BCUT2D eigenvalue weighted by Crippen LogP contribution is 2.50. The summed E-state index contributed by atoms with van der Waals surface area (Å²) < 4.78 is 12.3. The SMILES string of the molecule is CCCC[C@@]1(C)CCc2ccccc2[C@@H]1OC(=O)[C@](C)(OC)c1cccc2ccccc12. The van der Waals surface area contributed by atoms with Gasteiger partial charge in [0.1, 0.15) is 6.10 Å². The second-order valence-corrected chi connectivity index (χ2v) is 9.51. The summed E-state index contributed by atoms with van der Waals surface area (Å²) >= 11 is 0. The lowest BCUT2D eigenvalue weighted by molar-refractivity contribution is -0.183. The van der Waals surface area contributed by atoms with Crippen molar-refractivity contribution in [3.05, 3.63) is 83.4 Å². The number of aryl methyl sites for hydroxylation is 1. The van der Waals surface area contributed by atoms with Gasteiger partial charge in [-0.3, -0.25) is 0 Å². The molecule has 0 fully saturated rings. The summed E-state index contributed by atoms with van der Waals surface area (Å²) in [5, 5.41) is 2.09. The monoisotopic (exact) mass is 430 g/mol. The maximum Gasteiger partial charge on any atom is 0.343 e. The molecule has 32 heavy (non-hydrogen) atoms. The molecule has 3 aromatic rings. The molecule has 0 unspecified atom stereocenters. The molecule has 0 N–H and O–H groups in total. The van der Waals surface area contributed by atoms with Crippen LogP contribution in [0.15, 0.2) is 66.7 Å². The molecule has 0 amide bonds. The van der Waals surface area contributed by atoms with E-state index in [1.54, 1.807) is 7.11 Å².